The predicted octanol–water partition coefficient (Wildman–Crippen LogP) is 2.76. The summed E-state index contributed by atoms with van der Waals surface area (Å²) in [6, 6.07) is 7.88. The van der Waals surface area contributed by atoms with Gasteiger partial charge in [-0.25, -0.2) is 0 Å². The number of rotatable bonds is 7. The van der Waals surface area contributed by atoms with Gasteiger partial charge in [0.15, 0.2) is 0 Å². The van der Waals surface area contributed by atoms with E-state index >= 15 is 0 Å². The monoisotopic (exact) mass is 343 g/mol. The van der Waals surface area contributed by atoms with Crippen LogP contribution in [0.5, 0.6) is 5.75 Å². The van der Waals surface area contributed by atoms with Crippen molar-refractivity contribution in [2.24, 2.45) is 0 Å². The van der Waals surface area contributed by atoms with Gasteiger partial charge in [0.1, 0.15) is 11.3 Å². The topological polar surface area (TPSA) is 100 Å². The van der Waals surface area contributed by atoms with Gasteiger partial charge in [-0.05, 0) is 36.8 Å². The third-order valence-electron chi connectivity index (χ3n) is 3.55. The van der Waals surface area contributed by atoms with E-state index in [-0.39, 0.29) is 11.5 Å². The number of hydrogen-bond donors (Lipinski definition) is 3. The molecule has 25 heavy (non-hydrogen) atoms. The second-order valence-corrected chi connectivity index (χ2v) is 5.43. The van der Waals surface area contributed by atoms with Crippen molar-refractivity contribution >= 4 is 23.2 Å². The van der Waals surface area contributed by atoms with Crippen molar-refractivity contribution in [1.29, 1.82) is 0 Å². The van der Waals surface area contributed by atoms with Crippen LogP contribution in [0.3, 0.4) is 0 Å². The Bertz CT molecular complexity index is 814. The average Bonchev–Trinajstić information content (AvgIpc) is 2.60. The number of hydrogen-bond acceptors (Lipinski definition) is 4. The Balaban J connectivity index is 2.18. The van der Waals surface area contributed by atoms with Crippen molar-refractivity contribution in [2.45, 2.75) is 26.2 Å². The predicted molar refractivity (Wildman–Crippen MR) is 96.2 cm³/mol. The summed E-state index contributed by atoms with van der Waals surface area (Å²) in [4.78, 5) is 38.3. The molecule has 0 radical (unpaired) electrons. The van der Waals surface area contributed by atoms with Crippen LogP contribution in [0.4, 0.5) is 11.4 Å². The Labute approximate surface area is 145 Å². The van der Waals surface area contributed by atoms with Crippen LogP contribution in [0.1, 0.15) is 36.5 Å². The highest BCUT2D eigenvalue weighted by molar-refractivity contribution is 6.04. The fraction of sp³-hybridized carbons (Fsp3) is 0.278. The first-order valence-corrected chi connectivity index (χ1v) is 8.02. The van der Waals surface area contributed by atoms with Gasteiger partial charge in [0.25, 0.3) is 11.5 Å². The maximum absolute atomic E-state index is 12.2. The molecule has 0 aliphatic carbocycles. The standard InChI is InChI=1S/C18H21N3O4/c1-3-4-7-16(22)21-14-11-12(8-9-15(14)25-2)20-18(24)13-6-5-10-19-17(13)23/h5-6,8-11H,3-4,7H2,1-2H3,(H,19,23)(H,20,24)(H,21,22). The number of nitrogens with one attached hydrogen (secondary N) is 3. The number of H-pyrrole nitrogens is 1. The molecule has 0 aliphatic rings. The van der Waals surface area contributed by atoms with Gasteiger partial charge in [-0.1, -0.05) is 13.3 Å². The molecule has 0 aliphatic heterocycles. The summed E-state index contributed by atoms with van der Waals surface area (Å²) in [7, 11) is 1.50. The molecule has 1 aromatic carbocycles. The van der Waals surface area contributed by atoms with E-state index in [1.54, 1.807) is 24.3 Å². The molecule has 0 bridgehead atoms. The molecule has 0 spiro atoms. The number of methoxy groups -OCH3 is 1. The largest absolute Gasteiger partial charge is 0.495 e. The Morgan fingerprint density at radius 2 is 2.00 bits per heavy atom. The van der Waals surface area contributed by atoms with E-state index in [4.69, 9.17) is 4.74 Å². The Hall–Kier alpha value is -3.09. The number of aromatic amines is 1. The van der Waals surface area contributed by atoms with E-state index in [0.717, 1.165) is 12.8 Å². The molecule has 0 unspecified atom stereocenters. The fourth-order valence-electron chi connectivity index (χ4n) is 2.23. The van der Waals surface area contributed by atoms with Crippen LogP contribution in [0.25, 0.3) is 0 Å². The van der Waals surface area contributed by atoms with E-state index in [1.807, 2.05) is 6.92 Å². The number of anilines is 2. The Kier molecular flexibility index (Phi) is 6.33. The summed E-state index contributed by atoms with van der Waals surface area (Å²) in [6.07, 6.45) is 3.58. The maximum atomic E-state index is 12.2. The summed E-state index contributed by atoms with van der Waals surface area (Å²) >= 11 is 0. The minimum atomic E-state index is -0.532. The van der Waals surface area contributed by atoms with Crippen molar-refractivity contribution < 1.29 is 14.3 Å². The van der Waals surface area contributed by atoms with Gasteiger partial charge in [0.2, 0.25) is 5.91 Å². The smallest absolute Gasteiger partial charge is 0.261 e. The van der Waals surface area contributed by atoms with Crippen LogP contribution in [-0.2, 0) is 4.79 Å². The first-order valence-electron chi connectivity index (χ1n) is 8.02. The molecule has 7 heteroatoms. The lowest BCUT2D eigenvalue weighted by atomic mass is 10.2. The van der Waals surface area contributed by atoms with Crippen LogP contribution in [0.2, 0.25) is 0 Å². The van der Waals surface area contributed by atoms with Crippen LogP contribution in [0.15, 0.2) is 41.3 Å². The van der Waals surface area contributed by atoms with Gasteiger partial charge in [0, 0.05) is 18.3 Å². The van der Waals surface area contributed by atoms with Gasteiger partial charge < -0.3 is 20.4 Å². The molecule has 1 aromatic heterocycles. The van der Waals surface area contributed by atoms with Crippen molar-refractivity contribution in [3.63, 3.8) is 0 Å². The molecule has 1 heterocycles. The number of ether oxygens (including phenoxy) is 1. The average molecular weight is 343 g/mol. The number of benzene rings is 1. The number of unbranched alkanes of at least 4 members (excludes halogenated alkanes) is 1. The van der Waals surface area contributed by atoms with Crippen LogP contribution < -0.4 is 20.9 Å². The fourth-order valence-corrected chi connectivity index (χ4v) is 2.23. The molecule has 0 saturated carbocycles. The van der Waals surface area contributed by atoms with Gasteiger partial charge in [-0.2, -0.15) is 0 Å². The summed E-state index contributed by atoms with van der Waals surface area (Å²) < 4.78 is 5.23. The second-order valence-electron chi connectivity index (χ2n) is 5.43. The molecule has 0 saturated heterocycles. The molecule has 7 nitrogen and oxygen atoms in total. The summed E-state index contributed by atoms with van der Waals surface area (Å²) in [6.45, 7) is 2.01. The van der Waals surface area contributed by atoms with E-state index in [9.17, 15) is 14.4 Å². The molecule has 2 aromatic rings. The van der Waals surface area contributed by atoms with Crippen molar-refractivity contribution in [3.8, 4) is 5.75 Å². The number of carbonyl (C=O) groups excluding carboxylic acids is 2. The Morgan fingerprint density at radius 1 is 1.20 bits per heavy atom. The van der Waals surface area contributed by atoms with Crippen molar-refractivity contribution in [1.82, 2.24) is 4.98 Å². The summed E-state index contributed by atoms with van der Waals surface area (Å²) in [5.74, 6) is -0.168. The maximum Gasteiger partial charge on any atom is 0.261 e. The number of amides is 2. The van der Waals surface area contributed by atoms with Crippen LogP contribution >= 0.6 is 0 Å². The first kappa shape index (κ1) is 18.3. The lowest BCUT2D eigenvalue weighted by Crippen LogP contribution is -2.22. The van der Waals surface area contributed by atoms with E-state index < -0.39 is 11.5 Å². The quantitative estimate of drug-likeness (QED) is 0.719. The lowest BCUT2D eigenvalue weighted by Gasteiger charge is -2.12. The SMILES string of the molecule is CCCCC(=O)Nc1cc(NC(=O)c2ccc[nH]c2=O)ccc1OC. The second kappa shape index (κ2) is 8.68. The highest BCUT2D eigenvalue weighted by Gasteiger charge is 2.13. The summed E-state index contributed by atoms with van der Waals surface area (Å²) in [5.41, 5.74) is 0.441. The highest BCUT2D eigenvalue weighted by Crippen LogP contribution is 2.28. The minimum Gasteiger partial charge on any atom is -0.495 e. The molecule has 0 fully saturated rings. The van der Waals surface area contributed by atoms with E-state index in [2.05, 4.69) is 15.6 Å². The molecular formula is C18H21N3O4. The molecule has 3 N–H and O–H groups in total. The van der Waals surface area contributed by atoms with Gasteiger partial charge >= 0.3 is 0 Å². The van der Waals surface area contributed by atoms with Gasteiger partial charge in [-0.3, -0.25) is 14.4 Å². The van der Waals surface area contributed by atoms with Crippen molar-refractivity contribution in [2.75, 3.05) is 17.7 Å². The third kappa shape index (κ3) is 4.94. The molecule has 2 amide bonds. The molecule has 2 rings (SSSR count). The van der Waals surface area contributed by atoms with Crippen LogP contribution in [-0.4, -0.2) is 23.9 Å². The Morgan fingerprint density at radius 3 is 2.68 bits per heavy atom. The van der Waals surface area contributed by atoms with E-state index in [0.29, 0.717) is 23.5 Å². The number of pyridine rings is 1. The minimum absolute atomic E-state index is 0.00634. The van der Waals surface area contributed by atoms with Crippen LogP contribution in [0, 0.1) is 0 Å². The zero-order valence-electron chi connectivity index (χ0n) is 14.2. The normalized spacial score (nSPS) is 10.2. The van der Waals surface area contributed by atoms with Gasteiger partial charge in [0.05, 0.1) is 12.8 Å². The van der Waals surface area contributed by atoms with Crippen molar-refractivity contribution in [3.05, 3.63) is 52.4 Å². The zero-order valence-corrected chi connectivity index (χ0v) is 14.2. The molecule has 132 valence electrons. The zero-order chi connectivity index (χ0) is 18.2. The molecule has 0 atom stereocenters. The summed E-state index contributed by atoms with van der Waals surface area (Å²) in [5, 5.41) is 5.42. The number of carbonyl (C=O) groups is 2. The first-order chi connectivity index (χ1) is 12.0. The highest BCUT2D eigenvalue weighted by atomic mass is 16.5. The van der Waals surface area contributed by atoms with Gasteiger partial charge in [-0.15, -0.1) is 0 Å². The number of aromatic nitrogens is 1. The van der Waals surface area contributed by atoms with E-state index in [1.165, 1.54) is 19.4 Å². The third-order valence-corrected chi connectivity index (χ3v) is 3.55. The lowest BCUT2D eigenvalue weighted by molar-refractivity contribution is -0.116. The molecular weight excluding hydrogens is 322 g/mol.